The van der Waals surface area contributed by atoms with E-state index in [-0.39, 0.29) is 10.7 Å². The van der Waals surface area contributed by atoms with E-state index in [4.69, 9.17) is 21.1 Å². The second-order valence-electron chi connectivity index (χ2n) is 2.85. The summed E-state index contributed by atoms with van der Waals surface area (Å²) in [4.78, 5) is 15.1. The molecule has 0 fully saturated rings. The molecule has 0 atom stereocenters. The lowest BCUT2D eigenvalue weighted by molar-refractivity contribution is 0.0661. The first-order valence-electron chi connectivity index (χ1n) is 4.52. The summed E-state index contributed by atoms with van der Waals surface area (Å²) in [5, 5.41) is 0.205. The van der Waals surface area contributed by atoms with Crippen LogP contribution >= 0.6 is 11.6 Å². The van der Waals surface area contributed by atoms with Gasteiger partial charge in [0.15, 0.2) is 0 Å². The number of hydrogen-bond donors (Lipinski definition) is 0. The smallest absolute Gasteiger partial charge is 0.254 e. The van der Waals surface area contributed by atoms with Crippen LogP contribution in [0.15, 0.2) is 17.2 Å². The van der Waals surface area contributed by atoms with Gasteiger partial charge in [-0.1, -0.05) is 11.6 Å². The molecule has 0 aliphatic heterocycles. The van der Waals surface area contributed by atoms with E-state index in [9.17, 15) is 4.79 Å². The molecule has 0 bridgehead atoms. The van der Waals surface area contributed by atoms with Gasteiger partial charge in [0.2, 0.25) is 0 Å². The Hall–Kier alpha value is -0.910. The monoisotopic (exact) mass is 232 g/mol. The van der Waals surface area contributed by atoms with Crippen LogP contribution in [0.4, 0.5) is 0 Å². The number of hydrogen-bond acceptors (Lipinski definition) is 4. The normalized spacial score (nSPS) is 10.5. The zero-order valence-corrected chi connectivity index (χ0v) is 9.24. The molecular weight excluding hydrogens is 220 g/mol. The summed E-state index contributed by atoms with van der Waals surface area (Å²) in [5.74, 6) is 0. The third kappa shape index (κ3) is 4.42. The summed E-state index contributed by atoms with van der Waals surface area (Å²) in [6.07, 6.45) is 1.41. The Kier molecular flexibility index (Phi) is 5.31. The first-order chi connectivity index (χ1) is 7.24. The van der Waals surface area contributed by atoms with Crippen molar-refractivity contribution in [3.05, 3.63) is 27.9 Å². The van der Waals surface area contributed by atoms with Crippen LogP contribution in [0.1, 0.15) is 0 Å². The highest BCUT2D eigenvalue weighted by molar-refractivity contribution is 6.29. The average Bonchev–Trinajstić information content (AvgIpc) is 2.20. The first kappa shape index (κ1) is 12.2. The molecule has 84 valence electrons. The van der Waals surface area contributed by atoms with Crippen LogP contribution in [0.5, 0.6) is 0 Å². The van der Waals surface area contributed by atoms with Gasteiger partial charge in [0.05, 0.1) is 32.7 Å². The molecule has 1 heterocycles. The molecule has 1 aromatic heterocycles. The maximum absolute atomic E-state index is 11.3. The molecule has 0 saturated carbocycles. The van der Waals surface area contributed by atoms with Crippen molar-refractivity contribution in [1.29, 1.82) is 0 Å². The van der Waals surface area contributed by atoms with Crippen molar-refractivity contribution in [2.24, 2.45) is 0 Å². The number of nitrogens with zero attached hydrogens (tertiary/aromatic N) is 2. The zero-order valence-electron chi connectivity index (χ0n) is 8.48. The van der Waals surface area contributed by atoms with Crippen molar-refractivity contribution in [3.8, 4) is 0 Å². The van der Waals surface area contributed by atoms with Crippen molar-refractivity contribution < 1.29 is 9.47 Å². The Morgan fingerprint density at radius 1 is 1.47 bits per heavy atom. The summed E-state index contributed by atoms with van der Waals surface area (Å²) >= 11 is 5.55. The van der Waals surface area contributed by atoms with Gasteiger partial charge in [-0.15, -0.1) is 0 Å². The Bertz CT molecular complexity index is 353. The highest BCUT2D eigenvalue weighted by Crippen LogP contribution is 1.96. The number of methoxy groups -OCH3 is 1. The quantitative estimate of drug-likeness (QED) is 0.531. The molecule has 0 aromatic carbocycles. The molecular formula is C9H13ClN2O3. The predicted molar refractivity (Wildman–Crippen MR) is 56.2 cm³/mol. The Balaban J connectivity index is 2.34. The van der Waals surface area contributed by atoms with Crippen LogP contribution in [0, 0.1) is 0 Å². The van der Waals surface area contributed by atoms with Crippen LogP contribution in [-0.2, 0) is 16.0 Å². The predicted octanol–water partition coefficient (Wildman–Crippen LogP) is 0.560. The molecule has 0 amide bonds. The summed E-state index contributed by atoms with van der Waals surface area (Å²) < 4.78 is 11.5. The number of aromatic nitrogens is 2. The molecule has 1 rings (SSSR count). The van der Waals surface area contributed by atoms with Gasteiger partial charge in [-0.3, -0.25) is 9.36 Å². The third-order valence-electron chi connectivity index (χ3n) is 1.75. The van der Waals surface area contributed by atoms with Crippen molar-refractivity contribution >= 4 is 11.6 Å². The van der Waals surface area contributed by atoms with Gasteiger partial charge in [-0.2, -0.15) is 0 Å². The minimum atomic E-state index is -0.176. The second-order valence-corrected chi connectivity index (χ2v) is 3.24. The Morgan fingerprint density at radius 2 is 2.27 bits per heavy atom. The Labute approximate surface area is 92.6 Å². The van der Waals surface area contributed by atoms with Crippen molar-refractivity contribution in [2.45, 2.75) is 6.54 Å². The van der Waals surface area contributed by atoms with Gasteiger partial charge in [0.1, 0.15) is 5.15 Å². The summed E-state index contributed by atoms with van der Waals surface area (Å²) in [7, 11) is 1.61. The van der Waals surface area contributed by atoms with E-state index in [0.29, 0.717) is 26.4 Å². The SMILES string of the molecule is COCCOCCn1cnc(Cl)cc1=O. The zero-order chi connectivity index (χ0) is 11.1. The van der Waals surface area contributed by atoms with Crippen LogP contribution in [0.2, 0.25) is 5.15 Å². The molecule has 0 unspecified atom stereocenters. The number of rotatable bonds is 6. The second kappa shape index (κ2) is 6.55. The van der Waals surface area contributed by atoms with Crippen LogP contribution in [0.3, 0.4) is 0 Å². The van der Waals surface area contributed by atoms with Gasteiger partial charge >= 0.3 is 0 Å². The van der Waals surface area contributed by atoms with E-state index in [0.717, 1.165) is 0 Å². The maximum atomic E-state index is 11.3. The molecule has 1 aromatic rings. The van der Waals surface area contributed by atoms with Gasteiger partial charge in [0.25, 0.3) is 5.56 Å². The molecule has 15 heavy (non-hydrogen) atoms. The molecule has 0 aliphatic carbocycles. The van der Waals surface area contributed by atoms with Crippen molar-refractivity contribution in [3.63, 3.8) is 0 Å². The van der Waals surface area contributed by atoms with Crippen LogP contribution < -0.4 is 5.56 Å². The van der Waals surface area contributed by atoms with E-state index in [2.05, 4.69) is 4.98 Å². The number of ether oxygens (including phenoxy) is 2. The molecule has 5 nitrogen and oxygen atoms in total. The van der Waals surface area contributed by atoms with Crippen LogP contribution in [-0.4, -0.2) is 36.5 Å². The van der Waals surface area contributed by atoms with E-state index < -0.39 is 0 Å². The fraction of sp³-hybridized carbons (Fsp3) is 0.556. The molecule has 0 aliphatic rings. The van der Waals surface area contributed by atoms with Crippen LogP contribution in [0.25, 0.3) is 0 Å². The fourth-order valence-corrected chi connectivity index (χ4v) is 1.12. The highest BCUT2D eigenvalue weighted by atomic mass is 35.5. The largest absolute Gasteiger partial charge is 0.382 e. The van der Waals surface area contributed by atoms with Gasteiger partial charge in [-0.25, -0.2) is 4.98 Å². The molecule has 0 saturated heterocycles. The molecule has 0 radical (unpaired) electrons. The topological polar surface area (TPSA) is 53.4 Å². The average molecular weight is 233 g/mol. The summed E-state index contributed by atoms with van der Waals surface area (Å²) in [6.45, 7) is 1.99. The fourth-order valence-electron chi connectivity index (χ4n) is 0.979. The molecule has 0 N–H and O–H groups in total. The molecule has 6 heteroatoms. The van der Waals surface area contributed by atoms with E-state index in [1.807, 2.05) is 0 Å². The maximum Gasteiger partial charge on any atom is 0.254 e. The lowest BCUT2D eigenvalue weighted by atomic mass is 10.6. The standard InChI is InChI=1S/C9H13ClN2O3/c1-14-4-5-15-3-2-12-7-11-8(10)6-9(12)13/h6-7H,2-5H2,1H3. The van der Waals surface area contributed by atoms with Gasteiger partial charge < -0.3 is 9.47 Å². The Morgan fingerprint density at radius 3 is 2.93 bits per heavy atom. The van der Waals surface area contributed by atoms with Gasteiger partial charge in [-0.05, 0) is 0 Å². The van der Waals surface area contributed by atoms with Crippen molar-refractivity contribution in [2.75, 3.05) is 26.9 Å². The van der Waals surface area contributed by atoms with E-state index in [1.165, 1.54) is 17.0 Å². The highest BCUT2D eigenvalue weighted by Gasteiger charge is 1.97. The lowest BCUT2D eigenvalue weighted by Crippen LogP contribution is -2.22. The van der Waals surface area contributed by atoms with E-state index in [1.54, 1.807) is 7.11 Å². The summed E-state index contributed by atoms with van der Waals surface area (Å²) in [5.41, 5.74) is -0.176. The minimum absolute atomic E-state index is 0.176. The van der Waals surface area contributed by atoms with Gasteiger partial charge in [0, 0.05) is 13.2 Å². The van der Waals surface area contributed by atoms with Crippen molar-refractivity contribution in [1.82, 2.24) is 9.55 Å². The summed E-state index contributed by atoms with van der Waals surface area (Å²) in [6, 6.07) is 1.27. The minimum Gasteiger partial charge on any atom is -0.382 e. The molecule has 0 spiro atoms. The van der Waals surface area contributed by atoms with E-state index >= 15 is 0 Å². The first-order valence-corrected chi connectivity index (χ1v) is 4.90. The lowest BCUT2D eigenvalue weighted by Gasteiger charge is -2.05. The third-order valence-corrected chi connectivity index (χ3v) is 1.96. The number of halogens is 1.